The number of carbonyl (C=O) groups excluding carboxylic acids is 2. The highest BCUT2D eigenvalue weighted by Gasteiger charge is 2.21. The highest BCUT2D eigenvalue weighted by Crippen LogP contribution is 2.25. The monoisotopic (exact) mass is 395 g/mol. The number of ether oxygens (including phenoxy) is 1. The van der Waals surface area contributed by atoms with E-state index >= 15 is 0 Å². The van der Waals surface area contributed by atoms with Crippen LogP contribution in [0.4, 0.5) is 5.69 Å². The van der Waals surface area contributed by atoms with Gasteiger partial charge in [0.25, 0.3) is 5.91 Å². The Kier molecular flexibility index (Phi) is 7.64. The van der Waals surface area contributed by atoms with Crippen LogP contribution in [0.1, 0.15) is 24.8 Å². The van der Waals surface area contributed by atoms with E-state index in [4.69, 9.17) is 4.74 Å². The number of nitrogens with one attached hydrogen (secondary N) is 1. The van der Waals surface area contributed by atoms with Crippen LogP contribution >= 0.6 is 0 Å². The van der Waals surface area contributed by atoms with E-state index < -0.39 is 0 Å². The predicted octanol–water partition coefficient (Wildman–Crippen LogP) is 2.83. The molecule has 6 heteroatoms. The van der Waals surface area contributed by atoms with Gasteiger partial charge in [0.2, 0.25) is 5.91 Å². The van der Waals surface area contributed by atoms with E-state index in [1.807, 2.05) is 36.4 Å². The maximum Gasteiger partial charge on any atom is 0.257 e. The van der Waals surface area contributed by atoms with Gasteiger partial charge in [-0.05, 0) is 44.1 Å². The maximum atomic E-state index is 12.0. The van der Waals surface area contributed by atoms with Gasteiger partial charge in [-0.1, -0.05) is 36.4 Å². The first kappa shape index (κ1) is 20.9. The van der Waals surface area contributed by atoms with E-state index in [0.29, 0.717) is 18.7 Å². The lowest BCUT2D eigenvalue weighted by Crippen LogP contribution is -2.31. The van der Waals surface area contributed by atoms with Crippen LogP contribution in [0, 0.1) is 0 Å². The van der Waals surface area contributed by atoms with Crippen LogP contribution in [0.3, 0.4) is 0 Å². The molecule has 29 heavy (non-hydrogen) atoms. The van der Waals surface area contributed by atoms with E-state index in [9.17, 15) is 9.59 Å². The summed E-state index contributed by atoms with van der Waals surface area (Å²) < 4.78 is 5.60. The minimum Gasteiger partial charge on any atom is -0.484 e. The second-order valence-electron chi connectivity index (χ2n) is 7.36. The molecular weight excluding hydrogens is 366 g/mol. The summed E-state index contributed by atoms with van der Waals surface area (Å²) in [6.45, 7) is 3.12. The van der Waals surface area contributed by atoms with Crippen molar-refractivity contribution >= 4 is 17.5 Å². The Morgan fingerprint density at radius 1 is 1.17 bits per heavy atom. The number of hydrogen-bond donors (Lipinski definition) is 1. The Bertz CT molecular complexity index is 810. The third-order valence-electron chi connectivity index (χ3n) is 4.91. The van der Waals surface area contributed by atoms with Crippen LogP contribution in [0.5, 0.6) is 5.75 Å². The molecule has 0 aliphatic carbocycles. The fourth-order valence-corrected chi connectivity index (χ4v) is 3.41. The van der Waals surface area contributed by atoms with Gasteiger partial charge in [0.15, 0.2) is 6.61 Å². The molecule has 1 fully saturated rings. The van der Waals surface area contributed by atoms with Gasteiger partial charge in [-0.3, -0.25) is 9.59 Å². The molecule has 6 nitrogen and oxygen atoms in total. The largest absolute Gasteiger partial charge is 0.484 e. The molecule has 0 atom stereocenters. The normalized spacial score (nSPS) is 13.7. The van der Waals surface area contributed by atoms with Gasteiger partial charge in [-0.25, -0.2) is 0 Å². The fraction of sp³-hybridized carbons (Fsp3) is 0.391. The summed E-state index contributed by atoms with van der Waals surface area (Å²) in [6.07, 6.45) is 2.35. The topological polar surface area (TPSA) is 61.9 Å². The zero-order valence-electron chi connectivity index (χ0n) is 17.0. The van der Waals surface area contributed by atoms with Crippen molar-refractivity contribution in [1.82, 2.24) is 10.2 Å². The van der Waals surface area contributed by atoms with E-state index in [1.165, 1.54) is 5.56 Å². The van der Waals surface area contributed by atoms with Gasteiger partial charge in [-0.15, -0.1) is 0 Å². The first-order valence-corrected chi connectivity index (χ1v) is 10.1. The van der Waals surface area contributed by atoms with Gasteiger partial charge in [0.05, 0.1) is 0 Å². The highest BCUT2D eigenvalue weighted by molar-refractivity contribution is 5.95. The molecule has 0 radical (unpaired) electrons. The number of rotatable bonds is 10. The lowest BCUT2D eigenvalue weighted by molar-refractivity contribution is -0.123. The molecule has 1 saturated heterocycles. The molecule has 3 rings (SSSR count). The van der Waals surface area contributed by atoms with Crippen LogP contribution in [0.25, 0.3) is 0 Å². The number of amides is 2. The molecule has 1 aliphatic rings. The summed E-state index contributed by atoms with van der Waals surface area (Å²) in [5.74, 6) is 0.593. The maximum absolute atomic E-state index is 12.0. The molecule has 2 aromatic rings. The number of carbonyl (C=O) groups is 2. The van der Waals surface area contributed by atoms with Crippen molar-refractivity contribution in [2.24, 2.45) is 0 Å². The molecule has 0 aromatic heterocycles. The van der Waals surface area contributed by atoms with Gasteiger partial charge in [-0.2, -0.15) is 0 Å². The van der Waals surface area contributed by atoms with Crippen LogP contribution in [0.15, 0.2) is 54.6 Å². The summed E-state index contributed by atoms with van der Waals surface area (Å²) in [6, 6.07) is 17.7. The second kappa shape index (κ2) is 10.6. The Morgan fingerprint density at radius 3 is 2.76 bits per heavy atom. The predicted molar refractivity (Wildman–Crippen MR) is 114 cm³/mol. The molecular formula is C23H29N3O3. The van der Waals surface area contributed by atoms with Gasteiger partial charge in [0, 0.05) is 37.8 Å². The molecule has 0 bridgehead atoms. The zero-order valence-corrected chi connectivity index (χ0v) is 17.0. The summed E-state index contributed by atoms with van der Waals surface area (Å²) >= 11 is 0. The fourth-order valence-electron chi connectivity index (χ4n) is 3.41. The lowest BCUT2D eigenvalue weighted by atomic mass is 10.2. The second-order valence-corrected chi connectivity index (χ2v) is 7.36. The smallest absolute Gasteiger partial charge is 0.257 e. The van der Waals surface area contributed by atoms with Crippen molar-refractivity contribution in [3.63, 3.8) is 0 Å². The SMILES string of the molecule is CN(CCCNC(=O)COc1cccc(N2CCCC2=O)c1)Cc1ccccc1. The van der Waals surface area contributed by atoms with Crippen molar-refractivity contribution in [2.45, 2.75) is 25.8 Å². The van der Waals surface area contributed by atoms with Crippen LogP contribution in [0.2, 0.25) is 0 Å². The average Bonchev–Trinajstić information content (AvgIpc) is 3.16. The van der Waals surface area contributed by atoms with Crippen molar-refractivity contribution < 1.29 is 14.3 Å². The number of hydrogen-bond acceptors (Lipinski definition) is 4. The Morgan fingerprint density at radius 2 is 2.00 bits per heavy atom. The van der Waals surface area contributed by atoms with Crippen molar-refractivity contribution in [3.05, 3.63) is 60.2 Å². The number of anilines is 1. The standard InChI is InChI=1S/C23H29N3O3/c1-25(17-19-8-3-2-4-9-19)14-7-13-24-22(27)18-29-21-11-5-10-20(16-21)26-15-6-12-23(26)28/h2-5,8-11,16H,6-7,12-15,17-18H2,1H3,(H,24,27). The van der Waals surface area contributed by atoms with E-state index in [2.05, 4.69) is 29.4 Å². The number of benzene rings is 2. The summed E-state index contributed by atoms with van der Waals surface area (Å²) in [5, 5.41) is 2.89. The van der Waals surface area contributed by atoms with Crippen molar-refractivity contribution in [2.75, 3.05) is 38.2 Å². The van der Waals surface area contributed by atoms with Crippen molar-refractivity contribution in [3.8, 4) is 5.75 Å². The Hall–Kier alpha value is -2.86. The minimum absolute atomic E-state index is 0.0305. The molecule has 1 heterocycles. The highest BCUT2D eigenvalue weighted by atomic mass is 16.5. The van der Waals surface area contributed by atoms with E-state index in [-0.39, 0.29) is 18.4 Å². The Balaban J connectivity index is 1.33. The van der Waals surface area contributed by atoms with Gasteiger partial charge < -0.3 is 19.9 Å². The van der Waals surface area contributed by atoms with E-state index in [0.717, 1.165) is 38.2 Å². The van der Waals surface area contributed by atoms with Gasteiger partial charge in [0.1, 0.15) is 5.75 Å². The van der Waals surface area contributed by atoms with Crippen LogP contribution in [-0.4, -0.2) is 50.0 Å². The molecule has 2 aromatic carbocycles. The summed E-state index contributed by atoms with van der Waals surface area (Å²) in [5.41, 5.74) is 2.11. The number of nitrogens with zero attached hydrogens (tertiary/aromatic N) is 2. The Labute approximate surface area is 172 Å². The molecule has 0 unspecified atom stereocenters. The molecule has 1 aliphatic heterocycles. The lowest BCUT2D eigenvalue weighted by Gasteiger charge is -2.17. The van der Waals surface area contributed by atoms with Crippen LogP contribution < -0.4 is 15.0 Å². The van der Waals surface area contributed by atoms with Gasteiger partial charge >= 0.3 is 0 Å². The first-order chi connectivity index (χ1) is 14.1. The molecule has 154 valence electrons. The third-order valence-corrected chi connectivity index (χ3v) is 4.91. The summed E-state index contributed by atoms with van der Waals surface area (Å²) in [4.78, 5) is 27.9. The third kappa shape index (κ3) is 6.61. The molecule has 1 N–H and O–H groups in total. The van der Waals surface area contributed by atoms with E-state index in [1.54, 1.807) is 11.0 Å². The molecule has 2 amide bonds. The average molecular weight is 396 g/mol. The zero-order chi connectivity index (χ0) is 20.5. The summed E-state index contributed by atoms with van der Waals surface area (Å²) in [7, 11) is 2.08. The molecule has 0 saturated carbocycles. The molecule has 0 spiro atoms. The van der Waals surface area contributed by atoms with Crippen LogP contribution in [-0.2, 0) is 16.1 Å². The minimum atomic E-state index is -0.140. The quantitative estimate of drug-likeness (QED) is 0.629. The van der Waals surface area contributed by atoms with Crippen molar-refractivity contribution in [1.29, 1.82) is 0 Å². The first-order valence-electron chi connectivity index (χ1n) is 10.1.